The maximum Gasteiger partial charge on any atom is 0.260 e. The van der Waals surface area contributed by atoms with Crippen LogP contribution in [0.4, 0.5) is 5.69 Å². The molecule has 106 valence electrons. The maximum absolute atomic E-state index is 5.30. The van der Waals surface area contributed by atoms with Crippen molar-refractivity contribution < 1.29 is 9.26 Å². The van der Waals surface area contributed by atoms with E-state index in [1.54, 1.807) is 12.1 Å². The van der Waals surface area contributed by atoms with E-state index in [1.165, 1.54) is 7.11 Å². The minimum atomic E-state index is 0.381. The van der Waals surface area contributed by atoms with Gasteiger partial charge in [-0.3, -0.25) is 0 Å². The van der Waals surface area contributed by atoms with Gasteiger partial charge in [0, 0.05) is 18.8 Å². The van der Waals surface area contributed by atoms with Gasteiger partial charge in [0.2, 0.25) is 11.7 Å². The third kappa shape index (κ3) is 2.53. The Kier molecular flexibility index (Phi) is 3.46. The summed E-state index contributed by atoms with van der Waals surface area (Å²) in [5.74, 6) is 1.24. The fourth-order valence-electron chi connectivity index (χ4n) is 1.87. The first-order valence-electron chi connectivity index (χ1n) is 6.31. The Hall–Kier alpha value is -2.96. The van der Waals surface area contributed by atoms with Gasteiger partial charge in [-0.05, 0) is 18.2 Å². The van der Waals surface area contributed by atoms with Crippen molar-refractivity contribution >= 4 is 5.69 Å². The van der Waals surface area contributed by atoms with Crippen LogP contribution < -0.4 is 10.1 Å². The normalized spacial score (nSPS) is 10.4. The molecule has 3 aromatic rings. The van der Waals surface area contributed by atoms with E-state index >= 15 is 0 Å². The van der Waals surface area contributed by atoms with Gasteiger partial charge in [0.15, 0.2) is 0 Å². The zero-order chi connectivity index (χ0) is 14.7. The number of benzene rings is 1. The molecule has 0 saturated heterocycles. The molecule has 0 amide bonds. The lowest BCUT2D eigenvalue weighted by atomic mass is 10.2. The maximum atomic E-state index is 5.30. The van der Waals surface area contributed by atoms with E-state index in [4.69, 9.17) is 9.26 Å². The quantitative estimate of drug-likeness (QED) is 0.785. The fraction of sp³-hybridized carbons (Fsp3) is 0.143. The van der Waals surface area contributed by atoms with Crippen LogP contribution in [0.3, 0.4) is 0 Å². The Balaban J connectivity index is 1.95. The molecule has 1 N–H and O–H groups in total. The van der Waals surface area contributed by atoms with Gasteiger partial charge in [0.05, 0.1) is 12.7 Å². The zero-order valence-corrected chi connectivity index (χ0v) is 11.6. The fourth-order valence-corrected chi connectivity index (χ4v) is 1.87. The van der Waals surface area contributed by atoms with E-state index in [-0.39, 0.29) is 0 Å². The first kappa shape index (κ1) is 13.0. The molecule has 21 heavy (non-hydrogen) atoms. The van der Waals surface area contributed by atoms with Crippen molar-refractivity contribution in [3.05, 3.63) is 36.4 Å². The lowest BCUT2D eigenvalue weighted by Crippen LogP contribution is -1.93. The van der Waals surface area contributed by atoms with Crippen molar-refractivity contribution in [3.8, 4) is 28.9 Å². The van der Waals surface area contributed by atoms with Gasteiger partial charge in [-0.15, -0.1) is 10.2 Å². The van der Waals surface area contributed by atoms with Crippen LogP contribution >= 0.6 is 0 Å². The Labute approximate surface area is 121 Å². The highest BCUT2D eigenvalue weighted by molar-refractivity contribution is 5.72. The molecule has 2 aromatic heterocycles. The molecule has 0 fully saturated rings. The standard InChI is InChI=1S/C14H13N5O2/c1-15-10-6-4-3-5-9(10)14-16-13(19-21-14)11-7-8-12(20-2)18-17-11/h3-8,15H,1-2H3. The molecule has 0 unspecified atom stereocenters. The molecule has 7 nitrogen and oxygen atoms in total. The van der Waals surface area contributed by atoms with Gasteiger partial charge in [-0.1, -0.05) is 17.3 Å². The van der Waals surface area contributed by atoms with Gasteiger partial charge >= 0.3 is 0 Å². The molecule has 0 aliphatic heterocycles. The SMILES string of the molecule is CNc1ccccc1-c1nc(-c2ccc(OC)nn2)no1. The van der Waals surface area contributed by atoms with Crippen LogP contribution in [0.5, 0.6) is 5.88 Å². The van der Waals surface area contributed by atoms with Crippen LogP contribution in [0.2, 0.25) is 0 Å². The molecule has 2 heterocycles. The monoisotopic (exact) mass is 283 g/mol. The van der Waals surface area contributed by atoms with E-state index in [0.29, 0.717) is 23.3 Å². The molecular formula is C14H13N5O2. The van der Waals surface area contributed by atoms with Crippen LogP contribution in [-0.2, 0) is 0 Å². The number of para-hydroxylation sites is 1. The van der Waals surface area contributed by atoms with Gasteiger partial charge < -0.3 is 14.6 Å². The largest absolute Gasteiger partial charge is 0.480 e. The highest BCUT2D eigenvalue weighted by Gasteiger charge is 2.14. The molecule has 0 aliphatic carbocycles. The Morgan fingerprint density at radius 2 is 1.95 bits per heavy atom. The third-order valence-electron chi connectivity index (χ3n) is 2.93. The van der Waals surface area contributed by atoms with Gasteiger partial charge in [0.1, 0.15) is 5.69 Å². The summed E-state index contributed by atoms with van der Waals surface area (Å²) in [4.78, 5) is 4.35. The molecule has 0 spiro atoms. The number of anilines is 1. The van der Waals surface area contributed by atoms with Crippen molar-refractivity contribution in [2.24, 2.45) is 0 Å². The van der Waals surface area contributed by atoms with Crippen molar-refractivity contribution in [1.82, 2.24) is 20.3 Å². The minimum Gasteiger partial charge on any atom is -0.480 e. The number of nitrogens with zero attached hydrogens (tertiary/aromatic N) is 4. The number of ether oxygens (including phenoxy) is 1. The summed E-state index contributed by atoms with van der Waals surface area (Å²) in [6.07, 6.45) is 0. The Morgan fingerprint density at radius 3 is 2.67 bits per heavy atom. The van der Waals surface area contributed by atoms with Crippen molar-refractivity contribution in [3.63, 3.8) is 0 Å². The first-order valence-corrected chi connectivity index (χ1v) is 6.31. The number of hydrogen-bond acceptors (Lipinski definition) is 7. The lowest BCUT2D eigenvalue weighted by Gasteiger charge is -2.03. The van der Waals surface area contributed by atoms with E-state index < -0.39 is 0 Å². The number of hydrogen-bond donors (Lipinski definition) is 1. The average Bonchev–Trinajstić information content (AvgIpc) is 3.04. The summed E-state index contributed by atoms with van der Waals surface area (Å²) in [5.41, 5.74) is 2.27. The van der Waals surface area contributed by atoms with Crippen LogP contribution in [0.15, 0.2) is 40.9 Å². The summed E-state index contributed by atoms with van der Waals surface area (Å²) in [7, 11) is 3.37. The summed E-state index contributed by atoms with van der Waals surface area (Å²) in [6.45, 7) is 0. The molecule has 0 bridgehead atoms. The molecule has 0 saturated carbocycles. The van der Waals surface area contributed by atoms with Crippen molar-refractivity contribution in [1.29, 1.82) is 0 Å². The third-order valence-corrected chi connectivity index (χ3v) is 2.93. The molecule has 0 aliphatic rings. The smallest absolute Gasteiger partial charge is 0.260 e. The highest BCUT2D eigenvalue weighted by Crippen LogP contribution is 2.27. The molecule has 3 rings (SSSR count). The van der Waals surface area contributed by atoms with E-state index in [9.17, 15) is 0 Å². The minimum absolute atomic E-state index is 0.381. The van der Waals surface area contributed by atoms with E-state index in [0.717, 1.165) is 11.3 Å². The lowest BCUT2D eigenvalue weighted by molar-refractivity contribution is 0.392. The predicted molar refractivity (Wildman–Crippen MR) is 76.9 cm³/mol. The van der Waals surface area contributed by atoms with Crippen LogP contribution in [0.25, 0.3) is 23.0 Å². The molecule has 1 aromatic carbocycles. The van der Waals surface area contributed by atoms with Gasteiger partial charge in [0.25, 0.3) is 5.89 Å². The summed E-state index contributed by atoms with van der Waals surface area (Å²) in [5, 5.41) is 14.9. The average molecular weight is 283 g/mol. The summed E-state index contributed by atoms with van der Waals surface area (Å²) >= 11 is 0. The second kappa shape index (κ2) is 5.58. The van der Waals surface area contributed by atoms with Gasteiger partial charge in [-0.2, -0.15) is 4.98 Å². The van der Waals surface area contributed by atoms with Crippen LogP contribution in [-0.4, -0.2) is 34.5 Å². The van der Waals surface area contributed by atoms with Crippen molar-refractivity contribution in [2.45, 2.75) is 0 Å². The number of rotatable bonds is 4. The number of aromatic nitrogens is 4. The summed E-state index contributed by atoms with van der Waals surface area (Å²) in [6, 6.07) is 11.1. The highest BCUT2D eigenvalue weighted by atomic mass is 16.5. The molecule has 0 atom stereocenters. The molecule has 0 radical (unpaired) electrons. The molecular weight excluding hydrogens is 270 g/mol. The topological polar surface area (TPSA) is 86.0 Å². The number of nitrogens with one attached hydrogen (secondary N) is 1. The molecule has 7 heteroatoms. The van der Waals surface area contributed by atoms with Gasteiger partial charge in [-0.25, -0.2) is 0 Å². The second-order valence-corrected chi connectivity index (χ2v) is 4.18. The van der Waals surface area contributed by atoms with Crippen molar-refractivity contribution in [2.75, 3.05) is 19.5 Å². The van der Waals surface area contributed by atoms with E-state index in [2.05, 4.69) is 25.7 Å². The van der Waals surface area contributed by atoms with Crippen LogP contribution in [0.1, 0.15) is 0 Å². The Morgan fingerprint density at radius 1 is 1.10 bits per heavy atom. The second-order valence-electron chi connectivity index (χ2n) is 4.18. The Bertz CT molecular complexity index is 739. The zero-order valence-electron chi connectivity index (χ0n) is 11.6. The number of methoxy groups -OCH3 is 1. The predicted octanol–water partition coefficient (Wildman–Crippen LogP) is 2.24. The first-order chi connectivity index (χ1) is 10.3. The van der Waals surface area contributed by atoms with E-state index in [1.807, 2.05) is 31.3 Å². The van der Waals surface area contributed by atoms with Crippen LogP contribution in [0, 0.1) is 0 Å². The summed E-state index contributed by atoms with van der Waals surface area (Å²) < 4.78 is 10.3.